The molecule has 1 aromatic carbocycles. The van der Waals surface area contributed by atoms with E-state index in [1.807, 2.05) is 30.3 Å². The van der Waals surface area contributed by atoms with Crippen LogP contribution in [0.15, 0.2) is 46.1 Å². The van der Waals surface area contributed by atoms with E-state index in [2.05, 4.69) is 5.10 Å². The van der Waals surface area contributed by atoms with Crippen molar-refractivity contribution < 1.29 is 9.15 Å². The van der Waals surface area contributed by atoms with Crippen molar-refractivity contribution in [3.8, 4) is 5.75 Å². The Balaban J connectivity index is 2.02. The zero-order valence-corrected chi connectivity index (χ0v) is 11.5. The quantitative estimate of drug-likeness (QED) is 0.500. The van der Waals surface area contributed by atoms with Crippen LogP contribution < -0.4 is 10.6 Å². The highest BCUT2D eigenvalue weighted by Crippen LogP contribution is 2.26. The Hall–Kier alpha value is -1.88. The molecule has 0 saturated heterocycles. The Bertz CT molecular complexity index is 538. The molecule has 19 heavy (non-hydrogen) atoms. The van der Waals surface area contributed by atoms with Gasteiger partial charge < -0.3 is 15.0 Å². The number of benzene rings is 1. The smallest absolute Gasteiger partial charge is 0.122 e. The van der Waals surface area contributed by atoms with Crippen LogP contribution in [0.4, 0.5) is 0 Å². The van der Waals surface area contributed by atoms with Crippen LogP contribution in [-0.4, -0.2) is 13.3 Å². The zero-order chi connectivity index (χ0) is 13.5. The molecule has 0 bridgehead atoms. The van der Waals surface area contributed by atoms with Gasteiger partial charge in [0.05, 0.1) is 25.3 Å². The summed E-state index contributed by atoms with van der Waals surface area (Å²) >= 11 is 1.77. The Morgan fingerprint density at radius 2 is 2.26 bits per heavy atom. The Morgan fingerprint density at radius 1 is 1.37 bits per heavy atom. The van der Waals surface area contributed by atoms with Gasteiger partial charge in [0, 0.05) is 11.3 Å². The highest BCUT2D eigenvalue weighted by molar-refractivity contribution is 7.97. The molecule has 0 unspecified atom stereocenters. The molecule has 1 aromatic heterocycles. The van der Waals surface area contributed by atoms with Crippen LogP contribution >= 0.6 is 11.8 Å². The van der Waals surface area contributed by atoms with E-state index in [9.17, 15) is 0 Å². The number of hydrogen-bond donors (Lipinski definition) is 1. The summed E-state index contributed by atoms with van der Waals surface area (Å²) in [6, 6.07) is 9.76. The number of furan rings is 1. The first kappa shape index (κ1) is 13.5. The standard InChI is InChI=1S/C14H16N2O2S/c1-17-14-5-4-11(8-16-15)7-12(14)9-19-10-13-3-2-6-18-13/h2-8H,9-10,15H2,1H3. The first-order valence-electron chi connectivity index (χ1n) is 5.84. The predicted octanol–water partition coefficient (Wildman–Crippen LogP) is 3.01. The third-order valence-electron chi connectivity index (χ3n) is 2.61. The SMILES string of the molecule is COc1ccc(C=NN)cc1CSCc1ccco1. The average molecular weight is 276 g/mol. The largest absolute Gasteiger partial charge is 0.496 e. The van der Waals surface area contributed by atoms with Crippen LogP contribution in [0, 0.1) is 0 Å². The number of hydrogen-bond acceptors (Lipinski definition) is 5. The highest BCUT2D eigenvalue weighted by Gasteiger charge is 2.05. The van der Waals surface area contributed by atoms with Gasteiger partial charge in [0.25, 0.3) is 0 Å². The van der Waals surface area contributed by atoms with E-state index < -0.39 is 0 Å². The molecule has 1 heterocycles. The van der Waals surface area contributed by atoms with Crippen LogP contribution in [-0.2, 0) is 11.5 Å². The number of hydrazone groups is 1. The maximum Gasteiger partial charge on any atom is 0.122 e. The lowest BCUT2D eigenvalue weighted by Gasteiger charge is -2.08. The summed E-state index contributed by atoms with van der Waals surface area (Å²) in [6.45, 7) is 0. The molecule has 0 atom stereocenters. The summed E-state index contributed by atoms with van der Waals surface area (Å²) in [5.74, 6) is 8.70. The van der Waals surface area contributed by atoms with Gasteiger partial charge in [0.15, 0.2) is 0 Å². The molecule has 0 radical (unpaired) electrons. The number of ether oxygens (including phenoxy) is 1. The molecular formula is C14H16N2O2S. The normalized spacial score (nSPS) is 11.0. The maximum atomic E-state index is 5.35. The van der Waals surface area contributed by atoms with E-state index in [0.717, 1.165) is 34.1 Å². The molecule has 0 aliphatic rings. The van der Waals surface area contributed by atoms with Gasteiger partial charge in [-0.1, -0.05) is 0 Å². The molecule has 0 amide bonds. The molecule has 100 valence electrons. The fourth-order valence-corrected chi connectivity index (χ4v) is 2.65. The number of nitrogens with two attached hydrogens (primary N) is 1. The molecule has 0 fully saturated rings. The van der Waals surface area contributed by atoms with Crippen molar-refractivity contribution in [3.63, 3.8) is 0 Å². The monoisotopic (exact) mass is 276 g/mol. The molecule has 2 N–H and O–H groups in total. The lowest BCUT2D eigenvalue weighted by Crippen LogP contribution is -1.94. The summed E-state index contributed by atoms with van der Waals surface area (Å²) in [7, 11) is 1.67. The Morgan fingerprint density at radius 3 is 2.95 bits per heavy atom. The molecule has 2 rings (SSSR count). The fourth-order valence-electron chi connectivity index (χ4n) is 1.73. The van der Waals surface area contributed by atoms with Crippen molar-refractivity contribution in [2.45, 2.75) is 11.5 Å². The molecule has 0 spiro atoms. The maximum absolute atomic E-state index is 5.35. The Kier molecular flexibility index (Phi) is 4.92. The molecule has 5 heteroatoms. The molecule has 2 aromatic rings. The second-order valence-corrected chi connectivity index (χ2v) is 4.91. The number of nitrogens with zero attached hydrogens (tertiary/aromatic N) is 1. The van der Waals surface area contributed by atoms with E-state index in [-0.39, 0.29) is 0 Å². The summed E-state index contributed by atoms with van der Waals surface area (Å²) < 4.78 is 10.7. The molecule has 0 aliphatic heterocycles. The van der Waals surface area contributed by atoms with Crippen molar-refractivity contribution in [2.75, 3.05) is 7.11 Å². The molecule has 0 saturated carbocycles. The summed E-state index contributed by atoms with van der Waals surface area (Å²) in [5.41, 5.74) is 2.09. The first-order chi connectivity index (χ1) is 9.33. The summed E-state index contributed by atoms with van der Waals surface area (Å²) in [6.07, 6.45) is 3.31. The Labute approximate surface area is 116 Å². The number of methoxy groups -OCH3 is 1. The van der Waals surface area contributed by atoms with Crippen LogP contribution in [0.5, 0.6) is 5.75 Å². The van der Waals surface area contributed by atoms with Crippen molar-refractivity contribution in [1.29, 1.82) is 0 Å². The van der Waals surface area contributed by atoms with E-state index in [1.54, 1.807) is 31.3 Å². The summed E-state index contributed by atoms with van der Waals surface area (Å²) in [5, 5.41) is 3.54. The van der Waals surface area contributed by atoms with Gasteiger partial charge in [-0.3, -0.25) is 0 Å². The van der Waals surface area contributed by atoms with Gasteiger partial charge in [-0.15, -0.1) is 11.8 Å². The van der Waals surface area contributed by atoms with Gasteiger partial charge in [0.1, 0.15) is 11.5 Å². The van der Waals surface area contributed by atoms with Crippen LogP contribution in [0.2, 0.25) is 0 Å². The van der Waals surface area contributed by atoms with Crippen molar-refractivity contribution >= 4 is 18.0 Å². The molecular weight excluding hydrogens is 260 g/mol. The van der Waals surface area contributed by atoms with Gasteiger partial charge in [-0.2, -0.15) is 5.10 Å². The lowest BCUT2D eigenvalue weighted by atomic mass is 10.1. The number of thioether (sulfide) groups is 1. The first-order valence-corrected chi connectivity index (χ1v) is 6.99. The second kappa shape index (κ2) is 6.89. The third kappa shape index (κ3) is 3.79. The van der Waals surface area contributed by atoms with Gasteiger partial charge in [-0.05, 0) is 35.9 Å². The minimum atomic E-state index is 0.839. The van der Waals surface area contributed by atoms with Gasteiger partial charge >= 0.3 is 0 Å². The molecule has 4 nitrogen and oxygen atoms in total. The predicted molar refractivity (Wildman–Crippen MR) is 78.5 cm³/mol. The zero-order valence-electron chi connectivity index (χ0n) is 10.7. The molecule has 0 aliphatic carbocycles. The number of rotatable bonds is 6. The van der Waals surface area contributed by atoms with Crippen molar-refractivity contribution in [2.24, 2.45) is 10.9 Å². The van der Waals surface area contributed by atoms with E-state index in [1.165, 1.54) is 0 Å². The summed E-state index contributed by atoms with van der Waals surface area (Å²) in [4.78, 5) is 0. The topological polar surface area (TPSA) is 60.8 Å². The fraction of sp³-hybridized carbons (Fsp3) is 0.214. The van der Waals surface area contributed by atoms with Crippen LogP contribution in [0.25, 0.3) is 0 Å². The van der Waals surface area contributed by atoms with E-state index in [4.69, 9.17) is 15.0 Å². The van der Waals surface area contributed by atoms with Gasteiger partial charge in [0.2, 0.25) is 0 Å². The van der Waals surface area contributed by atoms with E-state index in [0.29, 0.717) is 0 Å². The minimum Gasteiger partial charge on any atom is -0.496 e. The third-order valence-corrected chi connectivity index (χ3v) is 3.61. The lowest BCUT2D eigenvalue weighted by molar-refractivity contribution is 0.411. The van der Waals surface area contributed by atoms with Crippen LogP contribution in [0.1, 0.15) is 16.9 Å². The average Bonchev–Trinajstić information content (AvgIpc) is 2.93. The van der Waals surface area contributed by atoms with Crippen molar-refractivity contribution in [1.82, 2.24) is 0 Å². The second-order valence-electron chi connectivity index (χ2n) is 3.92. The highest BCUT2D eigenvalue weighted by atomic mass is 32.2. The minimum absolute atomic E-state index is 0.839. The van der Waals surface area contributed by atoms with E-state index >= 15 is 0 Å². The van der Waals surface area contributed by atoms with Crippen molar-refractivity contribution in [3.05, 3.63) is 53.5 Å². The van der Waals surface area contributed by atoms with Gasteiger partial charge in [-0.25, -0.2) is 0 Å². The van der Waals surface area contributed by atoms with Crippen LogP contribution in [0.3, 0.4) is 0 Å².